The maximum absolute atomic E-state index is 5.78. The molecule has 0 radical (unpaired) electrons. The van der Waals surface area contributed by atoms with Gasteiger partial charge in [-0.15, -0.1) is 5.10 Å². The van der Waals surface area contributed by atoms with Crippen LogP contribution in [0, 0.1) is 0 Å². The average molecular weight is 353 g/mol. The number of hydrogen-bond donors (Lipinski definition) is 1. The average Bonchev–Trinajstić information content (AvgIpc) is 2.84. The van der Waals surface area contributed by atoms with Crippen LogP contribution < -0.4 is 5.32 Å². The third kappa shape index (κ3) is 3.70. The van der Waals surface area contributed by atoms with E-state index >= 15 is 0 Å². The summed E-state index contributed by atoms with van der Waals surface area (Å²) in [6.45, 7) is 3.04. The lowest BCUT2D eigenvalue weighted by Gasteiger charge is -2.27. The molecule has 0 bridgehead atoms. The van der Waals surface area contributed by atoms with Crippen LogP contribution in [-0.2, 0) is 11.8 Å². The van der Waals surface area contributed by atoms with E-state index in [0.29, 0.717) is 0 Å². The maximum atomic E-state index is 5.78. The molecule has 0 aliphatic carbocycles. The number of halogens is 1. The molecule has 0 aliphatic rings. The molecular formula is C15H21BrN4O. The highest BCUT2D eigenvalue weighted by atomic mass is 79.9. The predicted molar refractivity (Wildman–Crippen MR) is 85.9 cm³/mol. The summed E-state index contributed by atoms with van der Waals surface area (Å²) in [4.78, 5) is 0. The number of methoxy groups -OCH3 is 1. The van der Waals surface area contributed by atoms with Crippen LogP contribution >= 0.6 is 15.9 Å². The largest absolute Gasteiger partial charge is 0.375 e. The molecule has 0 fully saturated rings. The molecule has 0 aliphatic heterocycles. The van der Waals surface area contributed by atoms with Crippen LogP contribution in [0.5, 0.6) is 0 Å². The van der Waals surface area contributed by atoms with Crippen LogP contribution in [0.2, 0.25) is 0 Å². The second-order valence-corrected chi connectivity index (χ2v) is 5.64. The van der Waals surface area contributed by atoms with Crippen molar-refractivity contribution in [2.45, 2.75) is 25.5 Å². The van der Waals surface area contributed by atoms with Gasteiger partial charge in [0.1, 0.15) is 6.10 Å². The molecule has 2 rings (SSSR count). The molecule has 21 heavy (non-hydrogen) atoms. The number of nitrogens with one attached hydrogen (secondary N) is 1. The first-order valence-electron chi connectivity index (χ1n) is 7.05. The molecule has 0 amide bonds. The van der Waals surface area contributed by atoms with Crippen LogP contribution in [0.4, 0.5) is 0 Å². The lowest BCUT2D eigenvalue weighted by Crippen LogP contribution is -2.31. The molecule has 1 heterocycles. The van der Waals surface area contributed by atoms with Gasteiger partial charge in [0, 0.05) is 14.2 Å². The Kier molecular flexibility index (Phi) is 5.90. The first-order valence-corrected chi connectivity index (χ1v) is 7.84. The van der Waals surface area contributed by atoms with Crippen molar-refractivity contribution in [3.63, 3.8) is 0 Å². The van der Waals surface area contributed by atoms with Crippen LogP contribution in [0.25, 0.3) is 0 Å². The second-order valence-electron chi connectivity index (χ2n) is 4.89. The van der Waals surface area contributed by atoms with Crippen molar-refractivity contribution < 1.29 is 4.74 Å². The lowest BCUT2D eigenvalue weighted by atomic mass is 9.99. The topological polar surface area (TPSA) is 52.0 Å². The highest BCUT2D eigenvalue weighted by Crippen LogP contribution is 2.34. The van der Waals surface area contributed by atoms with Gasteiger partial charge in [0.25, 0.3) is 0 Å². The van der Waals surface area contributed by atoms with E-state index in [1.165, 1.54) is 0 Å². The Hall–Kier alpha value is -1.24. The Morgan fingerprint density at radius 3 is 2.57 bits per heavy atom. The zero-order valence-corrected chi connectivity index (χ0v) is 14.2. The van der Waals surface area contributed by atoms with Crippen molar-refractivity contribution in [3.05, 3.63) is 46.2 Å². The molecule has 1 aromatic carbocycles. The predicted octanol–water partition coefficient (Wildman–Crippen LogP) is 3.01. The normalized spacial score (nSPS) is 14.1. The third-order valence-corrected chi connectivity index (χ3v) is 3.99. The fourth-order valence-electron chi connectivity index (χ4n) is 2.42. The van der Waals surface area contributed by atoms with E-state index in [9.17, 15) is 0 Å². The summed E-state index contributed by atoms with van der Waals surface area (Å²) >= 11 is 3.49. The molecular weight excluding hydrogens is 332 g/mol. The smallest absolute Gasteiger partial charge is 0.153 e. The van der Waals surface area contributed by atoms with E-state index in [4.69, 9.17) is 4.74 Å². The number of aryl methyl sites for hydroxylation is 1. The number of nitrogens with zero attached hydrogens (tertiary/aromatic N) is 3. The van der Waals surface area contributed by atoms with E-state index in [2.05, 4.69) is 50.6 Å². The van der Waals surface area contributed by atoms with Gasteiger partial charge in [0.05, 0.1) is 11.7 Å². The van der Waals surface area contributed by atoms with Crippen molar-refractivity contribution in [2.75, 3.05) is 13.7 Å². The van der Waals surface area contributed by atoms with Gasteiger partial charge in [0.2, 0.25) is 0 Å². The van der Waals surface area contributed by atoms with E-state index < -0.39 is 0 Å². The molecule has 1 N–H and O–H groups in total. The third-order valence-electron chi connectivity index (χ3n) is 3.42. The van der Waals surface area contributed by atoms with E-state index in [1.54, 1.807) is 11.8 Å². The van der Waals surface area contributed by atoms with Crippen LogP contribution in [0.15, 0.2) is 34.9 Å². The Labute approximate surface area is 133 Å². The van der Waals surface area contributed by atoms with Crippen LogP contribution in [0.1, 0.15) is 36.7 Å². The molecule has 2 unspecified atom stereocenters. The zero-order valence-electron chi connectivity index (χ0n) is 12.6. The molecule has 5 nitrogen and oxygen atoms in total. The molecule has 1 aromatic heterocycles. The summed E-state index contributed by atoms with van der Waals surface area (Å²) in [5.41, 5.74) is 2.11. The Bertz CT molecular complexity index is 539. The summed E-state index contributed by atoms with van der Waals surface area (Å²) < 4.78 is 8.31. The maximum Gasteiger partial charge on any atom is 0.153 e. The van der Waals surface area contributed by atoms with Gasteiger partial charge in [-0.3, -0.25) is 0 Å². The first-order chi connectivity index (χ1) is 10.2. The van der Waals surface area contributed by atoms with Gasteiger partial charge in [-0.25, -0.2) is 4.68 Å². The summed E-state index contributed by atoms with van der Waals surface area (Å²) in [5, 5.41) is 11.7. The fraction of sp³-hybridized carbons (Fsp3) is 0.467. The van der Waals surface area contributed by atoms with Crippen molar-refractivity contribution in [1.29, 1.82) is 0 Å². The molecule has 0 saturated heterocycles. The van der Waals surface area contributed by atoms with Crippen molar-refractivity contribution >= 4 is 15.9 Å². The molecule has 6 heteroatoms. The second kappa shape index (κ2) is 7.68. The van der Waals surface area contributed by atoms with E-state index in [0.717, 1.165) is 28.8 Å². The summed E-state index contributed by atoms with van der Waals surface area (Å²) in [6, 6.07) is 10.2. The number of rotatable bonds is 7. The molecule has 0 saturated carbocycles. The Morgan fingerprint density at radius 2 is 2.05 bits per heavy atom. The standard InChI is InChI=1S/C15H21BrN4O/c1-4-10-17-12(13-15(16)18-19-20(13)2)14(21-3)11-8-6-5-7-9-11/h5-9,12,14,17H,4,10H2,1-3H3. The van der Waals surface area contributed by atoms with Gasteiger partial charge in [-0.2, -0.15) is 0 Å². The SMILES string of the molecule is CCCNC(c1c(Br)nnn1C)C(OC)c1ccccc1. The molecule has 2 atom stereocenters. The Morgan fingerprint density at radius 1 is 1.33 bits per heavy atom. The van der Waals surface area contributed by atoms with Crippen molar-refractivity contribution in [3.8, 4) is 0 Å². The molecule has 0 spiro atoms. The summed E-state index contributed by atoms with van der Waals surface area (Å²) in [5.74, 6) is 0. The minimum Gasteiger partial charge on any atom is -0.375 e. The van der Waals surface area contributed by atoms with Crippen LogP contribution in [0.3, 0.4) is 0 Å². The fourth-order valence-corrected chi connectivity index (χ4v) is 3.00. The first kappa shape index (κ1) is 16.1. The Balaban J connectivity index is 2.39. The van der Waals surface area contributed by atoms with E-state index in [-0.39, 0.29) is 12.1 Å². The lowest BCUT2D eigenvalue weighted by molar-refractivity contribution is 0.0647. The quantitative estimate of drug-likeness (QED) is 0.832. The number of ether oxygens (including phenoxy) is 1. The highest BCUT2D eigenvalue weighted by Gasteiger charge is 2.29. The van der Waals surface area contributed by atoms with Gasteiger partial charge in [-0.1, -0.05) is 42.5 Å². The summed E-state index contributed by atoms with van der Waals surface area (Å²) in [7, 11) is 3.63. The van der Waals surface area contributed by atoms with Crippen molar-refractivity contribution in [1.82, 2.24) is 20.3 Å². The number of benzene rings is 1. The molecule has 2 aromatic rings. The zero-order chi connectivity index (χ0) is 15.2. The molecule has 114 valence electrons. The monoisotopic (exact) mass is 352 g/mol. The van der Waals surface area contributed by atoms with Gasteiger partial charge in [0.15, 0.2) is 4.60 Å². The minimum absolute atomic E-state index is 0.0216. The van der Waals surface area contributed by atoms with Crippen LogP contribution in [-0.4, -0.2) is 28.6 Å². The summed E-state index contributed by atoms with van der Waals surface area (Å²) in [6.07, 6.45) is 0.941. The number of hydrogen-bond acceptors (Lipinski definition) is 4. The minimum atomic E-state index is -0.105. The van der Waals surface area contributed by atoms with Gasteiger partial charge < -0.3 is 10.1 Å². The highest BCUT2D eigenvalue weighted by molar-refractivity contribution is 9.10. The van der Waals surface area contributed by atoms with Gasteiger partial charge >= 0.3 is 0 Å². The van der Waals surface area contributed by atoms with E-state index in [1.807, 2.05) is 25.2 Å². The van der Waals surface area contributed by atoms with Gasteiger partial charge in [-0.05, 0) is 34.5 Å². The van der Waals surface area contributed by atoms with Crippen molar-refractivity contribution in [2.24, 2.45) is 7.05 Å². The number of aromatic nitrogens is 3.